The minimum atomic E-state index is -0.976. The number of carbonyl (C=O) groups is 2. The molecule has 0 atom stereocenters. The number of nitrogens with one attached hydrogen (secondary N) is 1. The summed E-state index contributed by atoms with van der Waals surface area (Å²) in [6.07, 6.45) is 0.414. The number of rotatable bonds is 7. The molecule has 1 aromatic carbocycles. The largest absolute Gasteiger partial charge is 0.478 e. The van der Waals surface area contributed by atoms with Gasteiger partial charge in [-0.2, -0.15) is 0 Å². The first-order valence-electron chi connectivity index (χ1n) is 8.87. The Hall–Kier alpha value is -2.45. The zero-order valence-corrected chi connectivity index (χ0v) is 14.9. The van der Waals surface area contributed by atoms with Crippen molar-refractivity contribution < 1.29 is 19.4 Å². The molecule has 0 spiro atoms. The fourth-order valence-corrected chi connectivity index (χ4v) is 3.07. The molecule has 8 heteroatoms. The third kappa shape index (κ3) is 4.20. The number of imidazole rings is 1. The number of fused-ring (bicyclic) bond motifs is 1. The molecule has 0 saturated carbocycles. The maximum atomic E-state index is 11.6. The van der Waals surface area contributed by atoms with Crippen LogP contribution in [0.25, 0.3) is 11.0 Å². The second kappa shape index (κ2) is 8.29. The third-order valence-electron chi connectivity index (χ3n) is 4.58. The van der Waals surface area contributed by atoms with Gasteiger partial charge < -0.3 is 19.7 Å². The number of hydrogen-bond acceptors (Lipinski definition) is 5. The number of hydrogen-bond donors (Lipinski definition) is 2. The summed E-state index contributed by atoms with van der Waals surface area (Å²) in [5.74, 6) is -0.281. The number of amides is 1. The summed E-state index contributed by atoms with van der Waals surface area (Å²) in [7, 11) is 0. The normalized spacial score (nSPS) is 15.3. The van der Waals surface area contributed by atoms with Crippen LogP contribution in [-0.2, 0) is 22.6 Å². The molecule has 1 aliphatic heterocycles. The molecule has 0 unspecified atom stereocenters. The second-order valence-corrected chi connectivity index (χ2v) is 6.27. The van der Waals surface area contributed by atoms with Crippen molar-refractivity contribution in [3.63, 3.8) is 0 Å². The van der Waals surface area contributed by atoms with Gasteiger partial charge in [-0.3, -0.25) is 9.69 Å². The van der Waals surface area contributed by atoms with Crippen molar-refractivity contribution in [3.8, 4) is 0 Å². The lowest BCUT2D eigenvalue weighted by Crippen LogP contribution is -2.38. The molecular formula is C18H24N4O4. The van der Waals surface area contributed by atoms with Crippen molar-refractivity contribution in [3.05, 3.63) is 29.6 Å². The minimum Gasteiger partial charge on any atom is -0.478 e. The molecule has 2 aromatic rings. The molecule has 1 aromatic heterocycles. The van der Waals surface area contributed by atoms with Gasteiger partial charge in [0.05, 0.1) is 36.4 Å². The van der Waals surface area contributed by atoms with Gasteiger partial charge in [-0.1, -0.05) is 6.92 Å². The van der Waals surface area contributed by atoms with Crippen LogP contribution in [0.3, 0.4) is 0 Å². The van der Waals surface area contributed by atoms with Gasteiger partial charge in [-0.15, -0.1) is 0 Å². The van der Waals surface area contributed by atoms with Gasteiger partial charge in [-0.05, 0) is 18.2 Å². The highest BCUT2D eigenvalue weighted by molar-refractivity contribution is 5.92. The second-order valence-electron chi connectivity index (χ2n) is 6.27. The molecular weight excluding hydrogens is 336 g/mol. The topological polar surface area (TPSA) is 96.7 Å². The van der Waals surface area contributed by atoms with Gasteiger partial charge in [0.1, 0.15) is 5.82 Å². The average molecular weight is 360 g/mol. The summed E-state index contributed by atoms with van der Waals surface area (Å²) in [6, 6.07) is 4.95. The maximum absolute atomic E-state index is 11.6. The van der Waals surface area contributed by atoms with Gasteiger partial charge in [0.2, 0.25) is 5.91 Å². The van der Waals surface area contributed by atoms with E-state index in [0.717, 1.165) is 50.7 Å². The zero-order chi connectivity index (χ0) is 18.5. The molecule has 140 valence electrons. The summed E-state index contributed by atoms with van der Waals surface area (Å²) in [4.78, 5) is 29.7. The van der Waals surface area contributed by atoms with Gasteiger partial charge >= 0.3 is 5.97 Å². The maximum Gasteiger partial charge on any atom is 0.335 e. The molecule has 8 nitrogen and oxygen atoms in total. The van der Waals surface area contributed by atoms with Crippen molar-refractivity contribution in [2.24, 2.45) is 0 Å². The number of carboxylic acids is 1. The van der Waals surface area contributed by atoms with Gasteiger partial charge in [0.25, 0.3) is 0 Å². The fraction of sp³-hybridized carbons (Fsp3) is 0.500. The van der Waals surface area contributed by atoms with E-state index < -0.39 is 5.97 Å². The standard InChI is InChI=1S/C18H24N4O4/c1-2-17(23)19-12-16-20-14-11-13(18(24)25)3-4-15(14)22(16)6-5-21-7-9-26-10-8-21/h3-4,11H,2,5-10,12H2,1H3,(H,19,23)(H,24,25). The van der Waals surface area contributed by atoms with Crippen molar-refractivity contribution >= 4 is 22.9 Å². The lowest BCUT2D eigenvalue weighted by molar-refractivity contribution is -0.120. The highest BCUT2D eigenvalue weighted by atomic mass is 16.5. The van der Waals surface area contributed by atoms with Crippen LogP contribution in [0.15, 0.2) is 18.2 Å². The third-order valence-corrected chi connectivity index (χ3v) is 4.58. The molecule has 2 heterocycles. The first-order valence-corrected chi connectivity index (χ1v) is 8.87. The predicted octanol–water partition coefficient (Wildman–Crippen LogP) is 1.09. The van der Waals surface area contributed by atoms with Crippen molar-refractivity contribution in [1.29, 1.82) is 0 Å². The molecule has 1 fully saturated rings. The Morgan fingerprint density at radius 2 is 2.04 bits per heavy atom. The van der Waals surface area contributed by atoms with Crippen molar-refractivity contribution in [2.45, 2.75) is 26.4 Å². The van der Waals surface area contributed by atoms with E-state index in [1.54, 1.807) is 25.1 Å². The molecule has 0 bridgehead atoms. The summed E-state index contributed by atoms with van der Waals surface area (Å²) >= 11 is 0. The number of carbonyl (C=O) groups excluding carboxylic acids is 1. The summed E-state index contributed by atoms with van der Waals surface area (Å²) in [6.45, 7) is 6.99. The highest BCUT2D eigenvalue weighted by Gasteiger charge is 2.16. The molecule has 1 amide bonds. The number of ether oxygens (including phenoxy) is 1. The Labute approximate surface area is 151 Å². The first kappa shape index (κ1) is 18.3. The van der Waals surface area contributed by atoms with E-state index in [9.17, 15) is 14.7 Å². The predicted molar refractivity (Wildman–Crippen MR) is 96.1 cm³/mol. The number of morpholine rings is 1. The Morgan fingerprint density at radius 3 is 2.73 bits per heavy atom. The Balaban J connectivity index is 1.85. The number of carboxylic acid groups (broad SMARTS) is 1. The SMILES string of the molecule is CCC(=O)NCc1nc2cc(C(=O)O)ccc2n1CCN1CCOCC1. The molecule has 1 saturated heterocycles. The van der Waals surface area contributed by atoms with E-state index in [1.165, 1.54) is 0 Å². The molecule has 3 rings (SSSR count). The van der Waals surface area contributed by atoms with E-state index in [4.69, 9.17) is 4.74 Å². The average Bonchev–Trinajstić information content (AvgIpc) is 3.01. The Bertz CT molecular complexity index is 796. The Kier molecular flexibility index (Phi) is 5.85. The molecule has 2 N–H and O–H groups in total. The van der Waals surface area contributed by atoms with E-state index in [-0.39, 0.29) is 11.5 Å². The van der Waals surface area contributed by atoms with E-state index in [0.29, 0.717) is 18.5 Å². The molecule has 1 aliphatic rings. The lowest BCUT2D eigenvalue weighted by Gasteiger charge is -2.27. The minimum absolute atomic E-state index is 0.0389. The van der Waals surface area contributed by atoms with Crippen LogP contribution in [0.4, 0.5) is 0 Å². The van der Waals surface area contributed by atoms with Crippen molar-refractivity contribution in [1.82, 2.24) is 19.8 Å². The smallest absolute Gasteiger partial charge is 0.335 e. The van der Waals surface area contributed by atoms with Crippen LogP contribution in [0.5, 0.6) is 0 Å². The molecule has 0 radical (unpaired) electrons. The monoisotopic (exact) mass is 360 g/mol. The van der Waals surface area contributed by atoms with Crippen LogP contribution in [0, 0.1) is 0 Å². The fourth-order valence-electron chi connectivity index (χ4n) is 3.07. The quantitative estimate of drug-likeness (QED) is 0.767. The number of nitrogens with zero attached hydrogens (tertiary/aromatic N) is 3. The highest BCUT2D eigenvalue weighted by Crippen LogP contribution is 2.19. The Morgan fingerprint density at radius 1 is 1.27 bits per heavy atom. The number of aromatic nitrogens is 2. The molecule has 0 aliphatic carbocycles. The van der Waals surface area contributed by atoms with Gasteiger partial charge in [0.15, 0.2) is 0 Å². The summed E-state index contributed by atoms with van der Waals surface area (Å²) in [5, 5.41) is 12.0. The number of aromatic carboxylic acids is 1. The first-order chi connectivity index (χ1) is 12.6. The van der Waals surface area contributed by atoms with E-state index in [2.05, 4.69) is 19.8 Å². The molecule has 26 heavy (non-hydrogen) atoms. The van der Waals surface area contributed by atoms with Crippen LogP contribution < -0.4 is 5.32 Å². The zero-order valence-electron chi connectivity index (χ0n) is 14.9. The van der Waals surface area contributed by atoms with Crippen LogP contribution >= 0.6 is 0 Å². The number of benzene rings is 1. The van der Waals surface area contributed by atoms with E-state index in [1.807, 2.05) is 0 Å². The van der Waals surface area contributed by atoms with Crippen molar-refractivity contribution in [2.75, 3.05) is 32.8 Å². The van der Waals surface area contributed by atoms with Gasteiger partial charge in [-0.25, -0.2) is 9.78 Å². The summed E-state index contributed by atoms with van der Waals surface area (Å²) in [5.41, 5.74) is 1.72. The van der Waals surface area contributed by atoms with Crippen LogP contribution in [-0.4, -0.2) is 64.3 Å². The van der Waals surface area contributed by atoms with Crippen LogP contribution in [0.2, 0.25) is 0 Å². The van der Waals surface area contributed by atoms with Gasteiger partial charge in [0, 0.05) is 32.6 Å². The lowest BCUT2D eigenvalue weighted by atomic mass is 10.2. The van der Waals surface area contributed by atoms with Crippen LogP contribution in [0.1, 0.15) is 29.5 Å². The van der Waals surface area contributed by atoms with E-state index >= 15 is 0 Å². The summed E-state index contributed by atoms with van der Waals surface area (Å²) < 4.78 is 7.44.